The topological polar surface area (TPSA) is 58.3 Å². The van der Waals surface area contributed by atoms with Crippen LogP contribution >= 0.6 is 0 Å². The second kappa shape index (κ2) is 7.53. The van der Waals surface area contributed by atoms with Crippen LogP contribution < -0.4 is 11.2 Å². The van der Waals surface area contributed by atoms with E-state index in [1.807, 2.05) is 0 Å². The highest BCUT2D eigenvalue weighted by Crippen LogP contribution is 2.13. The largest absolute Gasteiger partial charge is 0.330 e. The molecule has 0 aliphatic rings. The van der Waals surface area contributed by atoms with E-state index in [-0.39, 0.29) is 6.04 Å². The summed E-state index contributed by atoms with van der Waals surface area (Å²) in [5, 5.41) is 8.78. The van der Waals surface area contributed by atoms with Gasteiger partial charge < -0.3 is 10.9 Å². The molecule has 4 N–H and O–H groups in total. The summed E-state index contributed by atoms with van der Waals surface area (Å²) in [5.74, 6) is 0.534. The maximum absolute atomic E-state index is 8.78. The summed E-state index contributed by atoms with van der Waals surface area (Å²) >= 11 is 0. The molecule has 0 fully saturated rings. The molecule has 3 heteroatoms. The molecule has 0 heterocycles. The van der Waals surface area contributed by atoms with E-state index in [4.69, 9.17) is 10.9 Å². The molecule has 0 aromatic carbocycles. The molecule has 0 aromatic rings. The van der Waals surface area contributed by atoms with E-state index in [0.29, 0.717) is 5.92 Å². The van der Waals surface area contributed by atoms with Crippen LogP contribution in [0.1, 0.15) is 39.5 Å². The first-order valence-corrected chi connectivity index (χ1v) is 4.85. The van der Waals surface area contributed by atoms with Gasteiger partial charge in [-0.2, -0.15) is 0 Å². The van der Waals surface area contributed by atoms with Gasteiger partial charge in [-0.3, -0.25) is 0 Å². The van der Waals surface area contributed by atoms with E-state index in [9.17, 15) is 0 Å². The Labute approximate surface area is 75.3 Å². The average molecular weight is 174 g/mol. The number of nitrogens with one attached hydrogen (secondary N) is 1. The lowest BCUT2D eigenvalue weighted by Gasteiger charge is -2.20. The van der Waals surface area contributed by atoms with Gasteiger partial charge in [-0.15, -0.1) is 0 Å². The third-order valence-corrected chi connectivity index (χ3v) is 2.41. The van der Waals surface area contributed by atoms with Gasteiger partial charge in [0.05, 0.1) is 0 Å². The van der Waals surface area contributed by atoms with E-state index in [2.05, 4.69) is 19.3 Å². The smallest absolute Gasteiger partial charge is 0.0342 e. The van der Waals surface area contributed by atoms with Crippen LogP contribution in [0.25, 0.3) is 0 Å². The number of hydrogen-bond acceptors (Lipinski definition) is 3. The zero-order chi connectivity index (χ0) is 9.40. The van der Waals surface area contributed by atoms with E-state index in [1.54, 1.807) is 0 Å². The number of unbranched alkanes of at least 4 members (excludes halogenated alkanes) is 1. The number of rotatable bonds is 7. The summed E-state index contributed by atoms with van der Waals surface area (Å²) < 4.78 is 0. The highest BCUT2D eigenvalue weighted by molar-refractivity contribution is 4.67. The van der Waals surface area contributed by atoms with Crippen LogP contribution in [0.3, 0.4) is 0 Å². The zero-order valence-electron chi connectivity index (χ0n) is 8.21. The Morgan fingerprint density at radius 1 is 1.42 bits per heavy atom. The minimum absolute atomic E-state index is 0.239. The zero-order valence-corrected chi connectivity index (χ0v) is 8.21. The summed E-state index contributed by atoms with van der Waals surface area (Å²) in [7, 11) is 0. The molecule has 0 aliphatic heterocycles. The Hall–Kier alpha value is -0.120. The first-order chi connectivity index (χ1) is 5.76. The lowest BCUT2D eigenvalue weighted by molar-refractivity contribution is 0.0955. The van der Waals surface area contributed by atoms with Crippen LogP contribution in [-0.2, 0) is 0 Å². The van der Waals surface area contributed by atoms with Crippen molar-refractivity contribution in [2.75, 3.05) is 6.54 Å². The molecule has 0 aliphatic carbocycles. The lowest BCUT2D eigenvalue weighted by atomic mass is 9.94. The van der Waals surface area contributed by atoms with Crippen LogP contribution in [0.2, 0.25) is 0 Å². The second-order valence-electron chi connectivity index (χ2n) is 3.41. The van der Waals surface area contributed by atoms with Gasteiger partial charge in [0.25, 0.3) is 0 Å². The summed E-state index contributed by atoms with van der Waals surface area (Å²) in [6, 6.07) is 0.239. The van der Waals surface area contributed by atoms with Crippen molar-refractivity contribution in [2.45, 2.75) is 45.6 Å². The normalized spacial score (nSPS) is 16.0. The molecule has 3 nitrogen and oxygen atoms in total. The van der Waals surface area contributed by atoms with Gasteiger partial charge in [-0.25, -0.2) is 5.48 Å². The van der Waals surface area contributed by atoms with Crippen molar-refractivity contribution in [1.29, 1.82) is 0 Å². The molecule has 0 saturated heterocycles. The van der Waals surface area contributed by atoms with Crippen LogP contribution in [0.4, 0.5) is 0 Å². The molecule has 12 heavy (non-hydrogen) atoms. The maximum Gasteiger partial charge on any atom is 0.0342 e. The fourth-order valence-corrected chi connectivity index (χ4v) is 1.43. The SMILES string of the molecule is CCC(NO)C(C)CCCCN. The standard InChI is InChI=1S/C9H22N2O/c1-3-9(11-12)8(2)6-4-5-7-10/h8-9,11-12H,3-7,10H2,1-2H3. The predicted molar refractivity (Wildman–Crippen MR) is 51.1 cm³/mol. The molecule has 0 bridgehead atoms. The average Bonchev–Trinajstić information content (AvgIpc) is 2.07. The molecular weight excluding hydrogens is 152 g/mol. The summed E-state index contributed by atoms with van der Waals surface area (Å²) in [4.78, 5) is 0. The number of nitrogens with two attached hydrogens (primary N) is 1. The predicted octanol–water partition coefficient (Wildman–Crippen LogP) is 1.51. The summed E-state index contributed by atoms with van der Waals surface area (Å²) in [6.45, 7) is 5.01. The highest BCUT2D eigenvalue weighted by atomic mass is 16.5. The Balaban J connectivity index is 3.47. The first kappa shape index (κ1) is 11.9. The molecule has 0 aromatic heterocycles. The van der Waals surface area contributed by atoms with E-state index in [0.717, 1.165) is 32.2 Å². The van der Waals surface area contributed by atoms with Crippen molar-refractivity contribution < 1.29 is 5.21 Å². The van der Waals surface area contributed by atoms with Crippen molar-refractivity contribution in [2.24, 2.45) is 11.7 Å². The summed E-state index contributed by atoms with van der Waals surface area (Å²) in [5.41, 5.74) is 7.74. The van der Waals surface area contributed by atoms with Gasteiger partial charge in [-0.05, 0) is 31.7 Å². The third kappa shape index (κ3) is 4.70. The number of hydrogen-bond donors (Lipinski definition) is 3. The van der Waals surface area contributed by atoms with E-state index in [1.165, 1.54) is 0 Å². The summed E-state index contributed by atoms with van der Waals surface area (Å²) in [6.07, 6.45) is 4.37. The molecule has 74 valence electrons. The molecule has 0 radical (unpaired) electrons. The molecule has 0 saturated carbocycles. The first-order valence-electron chi connectivity index (χ1n) is 4.85. The van der Waals surface area contributed by atoms with Crippen molar-refractivity contribution >= 4 is 0 Å². The van der Waals surface area contributed by atoms with Crippen LogP contribution in [0.5, 0.6) is 0 Å². The third-order valence-electron chi connectivity index (χ3n) is 2.41. The van der Waals surface area contributed by atoms with Gasteiger partial charge in [-0.1, -0.05) is 20.3 Å². The Morgan fingerprint density at radius 2 is 2.08 bits per heavy atom. The number of hydroxylamine groups is 1. The fraction of sp³-hybridized carbons (Fsp3) is 1.00. The van der Waals surface area contributed by atoms with Crippen LogP contribution in [0.15, 0.2) is 0 Å². The van der Waals surface area contributed by atoms with Gasteiger partial charge in [0.1, 0.15) is 0 Å². The highest BCUT2D eigenvalue weighted by Gasteiger charge is 2.12. The van der Waals surface area contributed by atoms with Crippen molar-refractivity contribution in [1.82, 2.24) is 5.48 Å². The Kier molecular flexibility index (Phi) is 7.45. The maximum atomic E-state index is 8.78. The monoisotopic (exact) mass is 174 g/mol. The quantitative estimate of drug-likeness (QED) is 0.405. The molecule has 0 amide bonds. The Morgan fingerprint density at radius 3 is 2.50 bits per heavy atom. The lowest BCUT2D eigenvalue weighted by Crippen LogP contribution is -2.31. The van der Waals surface area contributed by atoms with Gasteiger partial charge in [0, 0.05) is 6.04 Å². The van der Waals surface area contributed by atoms with Crippen molar-refractivity contribution in [3.8, 4) is 0 Å². The fourth-order valence-electron chi connectivity index (χ4n) is 1.43. The van der Waals surface area contributed by atoms with Crippen molar-refractivity contribution in [3.05, 3.63) is 0 Å². The van der Waals surface area contributed by atoms with Gasteiger partial charge in [0.15, 0.2) is 0 Å². The second-order valence-corrected chi connectivity index (χ2v) is 3.41. The minimum Gasteiger partial charge on any atom is -0.330 e. The van der Waals surface area contributed by atoms with Crippen LogP contribution in [-0.4, -0.2) is 17.8 Å². The Bertz CT molecular complexity index is 94.5. The van der Waals surface area contributed by atoms with Gasteiger partial charge >= 0.3 is 0 Å². The molecular formula is C9H22N2O. The molecule has 0 rings (SSSR count). The van der Waals surface area contributed by atoms with E-state index >= 15 is 0 Å². The van der Waals surface area contributed by atoms with Crippen LogP contribution in [0, 0.1) is 5.92 Å². The van der Waals surface area contributed by atoms with Gasteiger partial charge in [0.2, 0.25) is 0 Å². The molecule has 0 spiro atoms. The molecule has 2 unspecified atom stereocenters. The minimum atomic E-state index is 0.239. The van der Waals surface area contributed by atoms with E-state index < -0.39 is 0 Å². The van der Waals surface area contributed by atoms with Crippen molar-refractivity contribution in [3.63, 3.8) is 0 Å². The molecule has 2 atom stereocenters.